The van der Waals surface area contributed by atoms with E-state index in [1.807, 2.05) is 0 Å². The standard InChI is InChI=1S/C19H16O8/c20-17(21)19(18(22)23,7-11-1-3-13-15(5-11)26-9-24-13)8-12-2-4-14-16(6-12)27-10-25-14/h1-6H,7-10H2,(H,20,21)(H,22,23). The van der Waals surface area contributed by atoms with Gasteiger partial charge in [-0.3, -0.25) is 9.59 Å². The van der Waals surface area contributed by atoms with E-state index in [1.165, 1.54) is 0 Å². The number of carbonyl (C=O) groups is 2. The number of rotatable bonds is 6. The first kappa shape index (κ1) is 17.0. The van der Waals surface area contributed by atoms with Crippen molar-refractivity contribution in [2.24, 2.45) is 5.41 Å². The maximum Gasteiger partial charge on any atom is 0.321 e. The van der Waals surface area contributed by atoms with Gasteiger partial charge in [-0.15, -0.1) is 0 Å². The van der Waals surface area contributed by atoms with Crippen LogP contribution in [0.5, 0.6) is 23.0 Å². The molecule has 2 aliphatic heterocycles. The van der Waals surface area contributed by atoms with Gasteiger partial charge >= 0.3 is 11.9 Å². The highest BCUT2D eigenvalue weighted by atomic mass is 16.7. The monoisotopic (exact) mass is 372 g/mol. The van der Waals surface area contributed by atoms with E-state index in [0.29, 0.717) is 34.1 Å². The first-order valence-electron chi connectivity index (χ1n) is 8.22. The molecule has 0 atom stereocenters. The zero-order valence-corrected chi connectivity index (χ0v) is 14.1. The van der Waals surface area contributed by atoms with E-state index in [9.17, 15) is 19.8 Å². The van der Waals surface area contributed by atoms with Crippen LogP contribution in [0.2, 0.25) is 0 Å². The Labute approximate surface area is 153 Å². The first-order chi connectivity index (χ1) is 13.0. The van der Waals surface area contributed by atoms with E-state index in [-0.39, 0.29) is 26.4 Å². The van der Waals surface area contributed by atoms with Gasteiger partial charge in [0.05, 0.1) is 0 Å². The van der Waals surface area contributed by atoms with Crippen molar-refractivity contribution in [2.75, 3.05) is 13.6 Å². The lowest BCUT2D eigenvalue weighted by molar-refractivity contribution is -0.164. The second kappa shape index (κ2) is 6.39. The number of hydrogen-bond acceptors (Lipinski definition) is 6. The lowest BCUT2D eigenvalue weighted by atomic mass is 9.76. The molecule has 4 rings (SSSR count). The number of aliphatic carboxylic acids is 2. The molecule has 0 unspecified atom stereocenters. The predicted molar refractivity (Wildman–Crippen MR) is 90.2 cm³/mol. The van der Waals surface area contributed by atoms with Crippen molar-refractivity contribution in [3.63, 3.8) is 0 Å². The molecular weight excluding hydrogens is 356 g/mol. The van der Waals surface area contributed by atoms with Crippen molar-refractivity contribution in [1.82, 2.24) is 0 Å². The van der Waals surface area contributed by atoms with Gasteiger partial charge < -0.3 is 29.2 Å². The van der Waals surface area contributed by atoms with E-state index in [2.05, 4.69) is 0 Å². The molecule has 0 amide bonds. The molecule has 0 spiro atoms. The topological polar surface area (TPSA) is 112 Å². The van der Waals surface area contributed by atoms with Crippen LogP contribution in [0.4, 0.5) is 0 Å². The minimum Gasteiger partial charge on any atom is -0.480 e. The van der Waals surface area contributed by atoms with Crippen molar-refractivity contribution in [3.05, 3.63) is 47.5 Å². The van der Waals surface area contributed by atoms with Crippen LogP contribution in [-0.4, -0.2) is 35.7 Å². The third-order valence-corrected chi connectivity index (χ3v) is 4.70. The van der Waals surface area contributed by atoms with Crippen LogP contribution >= 0.6 is 0 Å². The number of hydrogen-bond donors (Lipinski definition) is 2. The molecule has 0 radical (unpaired) electrons. The van der Waals surface area contributed by atoms with E-state index in [4.69, 9.17) is 18.9 Å². The summed E-state index contributed by atoms with van der Waals surface area (Å²) in [6, 6.07) is 9.81. The van der Waals surface area contributed by atoms with E-state index >= 15 is 0 Å². The molecule has 2 aromatic carbocycles. The summed E-state index contributed by atoms with van der Waals surface area (Å²) in [7, 11) is 0. The van der Waals surface area contributed by atoms with Crippen molar-refractivity contribution in [3.8, 4) is 23.0 Å². The summed E-state index contributed by atoms with van der Waals surface area (Å²) in [6.45, 7) is 0.165. The molecule has 140 valence electrons. The summed E-state index contributed by atoms with van der Waals surface area (Å²) < 4.78 is 21.1. The Morgan fingerprint density at radius 1 is 0.741 bits per heavy atom. The molecular formula is C19H16O8. The molecule has 2 heterocycles. The van der Waals surface area contributed by atoms with Crippen LogP contribution in [0.1, 0.15) is 11.1 Å². The summed E-state index contributed by atoms with van der Waals surface area (Å²) in [5.41, 5.74) is -0.976. The summed E-state index contributed by atoms with van der Waals surface area (Å²) in [4.78, 5) is 24.1. The van der Waals surface area contributed by atoms with Crippen molar-refractivity contribution >= 4 is 11.9 Å². The molecule has 0 fully saturated rings. The summed E-state index contributed by atoms with van der Waals surface area (Å²) in [6.07, 6.45) is -0.411. The fraction of sp³-hybridized carbons (Fsp3) is 0.263. The zero-order valence-electron chi connectivity index (χ0n) is 14.1. The molecule has 0 bridgehead atoms. The molecule has 0 aromatic heterocycles. The van der Waals surface area contributed by atoms with Crippen LogP contribution in [0.25, 0.3) is 0 Å². The SMILES string of the molecule is O=C(O)C(Cc1ccc2c(c1)OCO2)(Cc1ccc2c(c1)OCO2)C(=O)O. The van der Waals surface area contributed by atoms with Gasteiger partial charge in [0, 0.05) is 0 Å². The highest BCUT2D eigenvalue weighted by molar-refractivity contribution is 5.99. The van der Waals surface area contributed by atoms with Gasteiger partial charge in [-0.25, -0.2) is 0 Å². The number of fused-ring (bicyclic) bond motifs is 2. The first-order valence-corrected chi connectivity index (χ1v) is 8.22. The van der Waals surface area contributed by atoms with Gasteiger partial charge in [-0.2, -0.15) is 0 Å². The van der Waals surface area contributed by atoms with Crippen molar-refractivity contribution in [1.29, 1.82) is 0 Å². The highest BCUT2D eigenvalue weighted by Crippen LogP contribution is 2.38. The number of carboxylic acids is 2. The molecule has 2 aromatic rings. The van der Waals surface area contributed by atoms with Gasteiger partial charge in [0.25, 0.3) is 0 Å². The Kier molecular flexibility index (Phi) is 4.02. The van der Waals surface area contributed by atoms with Gasteiger partial charge in [0.1, 0.15) is 0 Å². The van der Waals surface area contributed by atoms with Crippen LogP contribution < -0.4 is 18.9 Å². The molecule has 2 N–H and O–H groups in total. The number of benzene rings is 2. The fourth-order valence-electron chi connectivity index (χ4n) is 3.26. The quantitative estimate of drug-likeness (QED) is 0.742. The average molecular weight is 372 g/mol. The number of carboxylic acid groups (broad SMARTS) is 2. The van der Waals surface area contributed by atoms with Crippen molar-refractivity contribution in [2.45, 2.75) is 12.8 Å². The smallest absolute Gasteiger partial charge is 0.321 e. The maximum absolute atomic E-state index is 12.0. The minimum absolute atomic E-state index is 0.0823. The Morgan fingerprint density at radius 3 is 1.56 bits per heavy atom. The fourth-order valence-corrected chi connectivity index (χ4v) is 3.26. The van der Waals surface area contributed by atoms with Gasteiger partial charge in [0.2, 0.25) is 13.6 Å². The Bertz CT molecular complexity index is 844. The summed E-state index contributed by atoms with van der Waals surface area (Å²) in [5.74, 6) is -0.785. The predicted octanol–water partition coefficient (Wildman–Crippen LogP) is 2.08. The van der Waals surface area contributed by atoms with E-state index in [0.717, 1.165) is 0 Å². The van der Waals surface area contributed by atoms with Gasteiger partial charge in [0.15, 0.2) is 28.4 Å². The molecule has 2 aliphatic rings. The number of ether oxygens (including phenoxy) is 4. The highest BCUT2D eigenvalue weighted by Gasteiger charge is 2.47. The third-order valence-electron chi connectivity index (χ3n) is 4.70. The van der Waals surface area contributed by atoms with E-state index in [1.54, 1.807) is 36.4 Å². The molecule has 0 saturated heterocycles. The zero-order chi connectivity index (χ0) is 19.0. The third kappa shape index (κ3) is 2.99. The Balaban J connectivity index is 1.67. The summed E-state index contributed by atoms with van der Waals surface area (Å²) >= 11 is 0. The van der Waals surface area contributed by atoms with Crippen molar-refractivity contribution < 1.29 is 38.7 Å². The molecule has 27 heavy (non-hydrogen) atoms. The molecule has 8 nitrogen and oxygen atoms in total. The average Bonchev–Trinajstić information content (AvgIpc) is 3.28. The molecule has 8 heteroatoms. The summed E-state index contributed by atoms with van der Waals surface area (Å²) in [5, 5.41) is 19.6. The lowest BCUT2D eigenvalue weighted by Gasteiger charge is -2.25. The van der Waals surface area contributed by atoms with Gasteiger partial charge in [-0.05, 0) is 48.2 Å². The largest absolute Gasteiger partial charge is 0.480 e. The second-order valence-corrected chi connectivity index (χ2v) is 6.42. The molecule has 0 aliphatic carbocycles. The Hall–Kier alpha value is -3.42. The maximum atomic E-state index is 12.0. The molecule has 0 saturated carbocycles. The normalized spacial score (nSPS) is 14.2. The lowest BCUT2D eigenvalue weighted by Crippen LogP contribution is -2.43. The van der Waals surface area contributed by atoms with Crippen LogP contribution in [-0.2, 0) is 22.4 Å². The minimum atomic E-state index is -2.04. The van der Waals surface area contributed by atoms with E-state index < -0.39 is 17.4 Å². The second-order valence-electron chi connectivity index (χ2n) is 6.42. The van der Waals surface area contributed by atoms with Crippen LogP contribution in [0, 0.1) is 5.41 Å². The Morgan fingerprint density at radius 2 is 1.15 bits per heavy atom. The van der Waals surface area contributed by atoms with Crippen LogP contribution in [0.15, 0.2) is 36.4 Å². The van der Waals surface area contributed by atoms with Gasteiger partial charge in [-0.1, -0.05) is 12.1 Å². The van der Waals surface area contributed by atoms with Crippen LogP contribution in [0.3, 0.4) is 0 Å².